The summed E-state index contributed by atoms with van der Waals surface area (Å²) in [6.45, 7) is 11.5. The van der Waals surface area contributed by atoms with Crippen molar-refractivity contribution in [1.29, 1.82) is 0 Å². The average Bonchev–Trinajstić information content (AvgIpc) is 2.78. The Morgan fingerprint density at radius 2 is 1.65 bits per heavy atom. The van der Waals surface area contributed by atoms with Crippen molar-refractivity contribution in [2.24, 2.45) is 5.92 Å². The van der Waals surface area contributed by atoms with Crippen molar-refractivity contribution in [3.8, 4) is 0 Å². The molecule has 3 amide bonds. The number of benzene rings is 2. The minimum absolute atomic E-state index is 0.0354. The molecule has 3 N–H and O–H groups in total. The Kier molecular flexibility index (Phi) is 8.31. The SMILES string of the molecule is Cc1cc(C)c(NC(=O)CNC(=O)CNc2ccc(C(=O)N3CCCC(C)C3)cc2C)c(C)c1. The van der Waals surface area contributed by atoms with Gasteiger partial charge in [-0.05, 0) is 81.3 Å². The van der Waals surface area contributed by atoms with E-state index in [-0.39, 0.29) is 30.8 Å². The predicted molar refractivity (Wildman–Crippen MR) is 136 cm³/mol. The first kappa shape index (κ1) is 25.3. The fraction of sp³-hybridized carbons (Fsp3) is 0.444. The fourth-order valence-corrected chi connectivity index (χ4v) is 4.53. The van der Waals surface area contributed by atoms with E-state index in [1.165, 1.54) is 6.42 Å². The van der Waals surface area contributed by atoms with Crippen molar-refractivity contribution in [3.63, 3.8) is 0 Å². The molecule has 2 aromatic carbocycles. The molecule has 0 radical (unpaired) electrons. The molecule has 1 saturated heterocycles. The lowest BCUT2D eigenvalue weighted by Gasteiger charge is -2.31. The molecule has 1 fully saturated rings. The number of nitrogens with one attached hydrogen (secondary N) is 3. The molecule has 2 aromatic rings. The molecule has 3 rings (SSSR count). The Hall–Kier alpha value is -3.35. The van der Waals surface area contributed by atoms with E-state index in [0.717, 1.165) is 53.1 Å². The second-order valence-electron chi connectivity index (χ2n) is 9.48. The number of carbonyl (C=O) groups is 3. The van der Waals surface area contributed by atoms with Crippen LogP contribution in [0.4, 0.5) is 11.4 Å². The average molecular weight is 465 g/mol. The van der Waals surface area contributed by atoms with Crippen LogP contribution in [0.2, 0.25) is 0 Å². The third-order valence-corrected chi connectivity index (χ3v) is 6.24. The third kappa shape index (κ3) is 6.59. The van der Waals surface area contributed by atoms with Crippen LogP contribution in [-0.2, 0) is 9.59 Å². The summed E-state index contributed by atoms with van der Waals surface area (Å²) in [6.07, 6.45) is 2.21. The van der Waals surface area contributed by atoms with Crippen molar-refractivity contribution >= 4 is 29.1 Å². The number of rotatable bonds is 7. The number of likely N-dealkylation sites (tertiary alicyclic amines) is 1. The molecule has 7 heteroatoms. The van der Waals surface area contributed by atoms with Gasteiger partial charge in [0.05, 0.1) is 13.1 Å². The highest BCUT2D eigenvalue weighted by atomic mass is 16.2. The number of piperidine rings is 1. The lowest BCUT2D eigenvalue weighted by atomic mass is 9.99. The van der Waals surface area contributed by atoms with Gasteiger partial charge in [-0.3, -0.25) is 14.4 Å². The van der Waals surface area contributed by atoms with Gasteiger partial charge in [0, 0.05) is 30.0 Å². The Morgan fingerprint density at radius 1 is 0.941 bits per heavy atom. The standard InChI is InChI=1S/C27H36N4O3/c1-17-7-6-10-31(16-17)27(34)22-8-9-23(19(3)13-22)28-14-24(32)29-15-25(33)30-26-20(4)11-18(2)12-21(26)5/h8-9,11-13,17,28H,6-7,10,14-16H2,1-5H3,(H,29,32)(H,30,33). The van der Waals surface area contributed by atoms with Crippen LogP contribution in [0.15, 0.2) is 30.3 Å². The molecule has 1 atom stereocenters. The van der Waals surface area contributed by atoms with E-state index in [2.05, 4.69) is 22.9 Å². The molecule has 1 heterocycles. The molecule has 0 saturated carbocycles. The monoisotopic (exact) mass is 464 g/mol. The number of hydrogen-bond donors (Lipinski definition) is 3. The van der Waals surface area contributed by atoms with Gasteiger partial charge in [-0.1, -0.05) is 24.6 Å². The van der Waals surface area contributed by atoms with E-state index >= 15 is 0 Å². The maximum Gasteiger partial charge on any atom is 0.253 e. The first-order chi connectivity index (χ1) is 16.1. The van der Waals surface area contributed by atoms with Gasteiger partial charge in [-0.15, -0.1) is 0 Å². The highest BCUT2D eigenvalue weighted by molar-refractivity contribution is 5.96. The molecule has 1 unspecified atom stereocenters. The van der Waals surface area contributed by atoms with Gasteiger partial charge in [-0.25, -0.2) is 0 Å². The molecule has 0 aliphatic carbocycles. The number of anilines is 2. The quantitative estimate of drug-likeness (QED) is 0.579. The maximum absolute atomic E-state index is 12.8. The molecule has 7 nitrogen and oxygen atoms in total. The Morgan fingerprint density at radius 3 is 2.29 bits per heavy atom. The van der Waals surface area contributed by atoms with Crippen molar-refractivity contribution in [2.75, 3.05) is 36.8 Å². The molecule has 1 aliphatic rings. The minimum Gasteiger partial charge on any atom is -0.376 e. The van der Waals surface area contributed by atoms with Crippen LogP contribution >= 0.6 is 0 Å². The van der Waals surface area contributed by atoms with E-state index in [0.29, 0.717) is 11.5 Å². The summed E-state index contributed by atoms with van der Waals surface area (Å²) in [5.74, 6) is 0.0399. The molecule has 0 bridgehead atoms. The van der Waals surface area contributed by atoms with Crippen LogP contribution in [0.25, 0.3) is 0 Å². The van der Waals surface area contributed by atoms with E-state index in [9.17, 15) is 14.4 Å². The fourth-order valence-electron chi connectivity index (χ4n) is 4.53. The van der Waals surface area contributed by atoms with Crippen LogP contribution in [0, 0.1) is 33.6 Å². The topological polar surface area (TPSA) is 90.5 Å². The molecular formula is C27H36N4O3. The summed E-state index contributed by atoms with van der Waals surface area (Å²) in [7, 11) is 0. The summed E-state index contributed by atoms with van der Waals surface area (Å²) in [5, 5.41) is 8.62. The number of hydrogen-bond acceptors (Lipinski definition) is 4. The van der Waals surface area contributed by atoms with Crippen LogP contribution in [0.3, 0.4) is 0 Å². The van der Waals surface area contributed by atoms with Crippen LogP contribution in [-0.4, -0.2) is 48.8 Å². The molecule has 1 aliphatic heterocycles. The van der Waals surface area contributed by atoms with Gasteiger partial charge in [0.1, 0.15) is 0 Å². The van der Waals surface area contributed by atoms with Gasteiger partial charge in [0.15, 0.2) is 0 Å². The number of amides is 3. The zero-order chi connectivity index (χ0) is 24.8. The molecular weight excluding hydrogens is 428 g/mol. The summed E-state index contributed by atoms with van der Waals surface area (Å²) in [4.78, 5) is 39.3. The van der Waals surface area contributed by atoms with Gasteiger partial charge in [0.25, 0.3) is 5.91 Å². The second kappa shape index (κ2) is 11.2. The largest absolute Gasteiger partial charge is 0.376 e. The van der Waals surface area contributed by atoms with Crippen molar-refractivity contribution in [1.82, 2.24) is 10.2 Å². The third-order valence-electron chi connectivity index (χ3n) is 6.24. The predicted octanol–water partition coefficient (Wildman–Crippen LogP) is 3.96. The molecule has 182 valence electrons. The molecule has 34 heavy (non-hydrogen) atoms. The van der Waals surface area contributed by atoms with Crippen LogP contribution < -0.4 is 16.0 Å². The molecule has 0 spiro atoms. The summed E-state index contributed by atoms with van der Waals surface area (Å²) in [5.41, 5.74) is 6.26. The van der Waals surface area contributed by atoms with Gasteiger partial charge in [0.2, 0.25) is 11.8 Å². The minimum atomic E-state index is -0.283. The van der Waals surface area contributed by atoms with Crippen LogP contribution in [0.1, 0.15) is 52.4 Å². The Balaban J connectivity index is 1.48. The van der Waals surface area contributed by atoms with Crippen molar-refractivity contribution in [2.45, 2.75) is 47.5 Å². The van der Waals surface area contributed by atoms with Gasteiger partial charge < -0.3 is 20.9 Å². The number of nitrogens with zero attached hydrogens (tertiary/aromatic N) is 1. The lowest BCUT2D eigenvalue weighted by molar-refractivity contribution is -0.122. The summed E-state index contributed by atoms with van der Waals surface area (Å²) in [6, 6.07) is 9.52. The highest BCUT2D eigenvalue weighted by Gasteiger charge is 2.22. The first-order valence-corrected chi connectivity index (χ1v) is 11.9. The number of carbonyl (C=O) groups excluding carboxylic acids is 3. The van der Waals surface area contributed by atoms with E-state index in [1.54, 1.807) is 6.07 Å². The second-order valence-corrected chi connectivity index (χ2v) is 9.48. The first-order valence-electron chi connectivity index (χ1n) is 11.9. The molecule has 0 aromatic heterocycles. The summed E-state index contributed by atoms with van der Waals surface area (Å²) >= 11 is 0. The summed E-state index contributed by atoms with van der Waals surface area (Å²) < 4.78 is 0. The Labute approximate surface area is 202 Å². The van der Waals surface area contributed by atoms with E-state index < -0.39 is 0 Å². The maximum atomic E-state index is 12.8. The van der Waals surface area contributed by atoms with Gasteiger partial charge >= 0.3 is 0 Å². The Bertz CT molecular complexity index is 1060. The smallest absolute Gasteiger partial charge is 0.253 e. The zero-order valence-corrected chi connectivity index (χ0v) is 20.9. The normalized spacial score (nSPS) is 15.6. The van der Waals surface area contributed by atoms with Crippen molar-refractivity contribution < 1.29 is 14.4 Å². The van der Waals surface area contributed by atoms with Crippen LogP contribution in [0.5, 0.6) is 0 Å². The van der Waals surface area contributed by atoms with Crippen molar-refractivity contribution in [3.05, 3.63) is 58.1 Å². The number of aryl methyl sites for hydroxylation is 4. The van der Waals surface area contributed by atoms with E-state index in [1.807, 2.05) is 56.9 Å². The highest BCUT2D eigenvalue weighted by Crippen LogP contribution is 2.22. The van der Waals surface area contributed by atoms with Gasteiger partial charge in [-0.2, -0.15) is 0 Å². The zero-order valence-electron chi connectivity index (χ0n) is 20.9. The van der Waals surface area contributed by atoms with E-state index in [4.69, 9.17) is 0 Å². The lowest BCUT2D eigenvalue weighted by Crippen LogP contribution is -2.39.